The van der Waals surface area contributed by atoms with Gasteiger partial charge in [0.05, 0.1) is 4.90 Å². The van der Waals surface area contributed by atoms with E-state index < -0.39 is 22.5 Å². The molecule has 1 aromatic rings. The number of amides is 1. The van der Waals surface area contributed by atoms with Crippen LogP contribution in [-0.2, 0) is 25.0 Å². The Morgan fingerprint density at radius 3 is 2.15 bits per heavy atom. The van der Waals surface area contributed by atoms with Gasteiger partial charge in [-0.2, -0.15) is 4.31 Å². The Morgan fingerprint density at radius 1 is 1.15 bits per heavy atom. The molecule has 0 bridgehead atoms. The molecule has 1 amide bonds. The third-order valence-electron chi connectivity index (χ3n) is 4.60. The molecule has 1 aliphatic rings. The predicted octanol–water partition coefficient (Wildman–Crippen LogP) is 1.59. The van der Waals surface area contributed by atoms with Crippen LogP contribution in [0.1, 0.15) is 39.2 Å². The summed E-state index contributed by atoms with van der Waals surface area (Å²) in [7, 11) is -3.59. The average Bonchev–Trinajstić information content (AvgIpc) is 2.59. The summed E-state index contributed by atoms with van der Waals surface area (Å²) in [4.78, 5) is 22.7. The Bertz CT molecular complexity index is 758. The third kappa shape index (κ3) is 4.82. The molecule has 0 aromatic heterocycles. The van der Waals surface area contributed by atoms with Gasteiger partial charge in [-0.25, -0.2) is 8.42 Å². The highest BCUT2D eigenvalue weighted by molar-refractivity contribution is 7.89. The molecule has 0 aliphatic carbocycles. The Balaban J connectivity index is 2.01. The lowest BCUT2D eigenvalue weighted by Gasteiger charge is -2.30. The quantitative estimate of drug-likeness (QED) is 0.805. The number of aliphatic carboxylic acids is 1. The highest BCUT2D eigenvalue weighted by Crippen LogP contribution is 2.27. The fourth-order valence-corrected chi connectivity index (χ4v) is 4.41. The summed E-state index contributed by atoms with van der Waals surface area (Å²) in [5.41, 5.74) is 1.01. The number of carbonyl (C=O) groups excluding carboxylic acids is 1. The van der Waals surface area contributed by atoms with E-state index >= 15 is 0 Å². The Labute approximate surface area is 154 Å². The van der Waals surface area contributed by atoms with Crippen molar-refractivity contribution in [2.75, 3.05) is 19.6 Å². The topological polar surface area (TPSA) is 104 Å². The van der Waals surface area contributed by atoms with Crippen molar-refractivity contribution in [2.24, 2.45) is 5.92 Å². The van der Waals surface area contributed by atoms with Crippen molar-refractivity contribution in [2.45, 2.75) is 43.9 Å². The molecule has 1 heterocycles. The summed E-state index contributed by atoms with van der Waals surface area (Å²) in [6, 6.07) is 6.92. The molecular formula is C18H26N2O5S. The monoisotopic (exact) mass is 382 g/mol. The van der Waals surface area contributed by atoms with Crippen molar-refractivity contribution < 1.29 is 23.1 Å². The van der Waals surface area contributed by atoms with Crippen LogP contribution in [0.15, 0.2) is 29.2 Å². The van der Waals surface area contributed by atoms with Crippen LogP contribution in [-0.4, -0.2) is 49.3 Å². The van der Waals surface area contributed by atoms with Crippen LogP contribution in [0.4, 0.5) is 0 Å². The van der Waals surface area contributed by atoms with Gasteiger partial charge in [-0.3, -0.25) is 9.59 Å². The number of rotatable bonds is 5. The molecule has 0 radical (unpaired) electrons. The molecule has 144 valence electrons. The molecule has 1 aromatic carbocycles. The molecule has 0 unspecified atom stereocenters. The minimum atomic E-state index is -3.59. The van der Waals surface area contributed by atoms with Gasteiger partial charge in [0.2, 0.25) is 15.9 Å². The van der Waals surface area contributed by atoms with Crippen molar-refractivity contribution in [3.8, 4) is 0 Å². The lowest BCUT2D eigenvalue weighted by Crippen LogP contribution is -2.43. The largest absolute Gasteiger partial charge is 0.480 e. The minimum Gasteiger partial charge on any atom is -0.480 e. The van der Waals surface area contributed by atoms with Gasteiger partial charge in [-0.15, -0.1) is 0 Å². The van der Waals surface area contributed by atoms with Gasteiger partial charge in [0.25, 0.3) is 0 Å². The zero-order valence-corrected chi connectivity index (χ0v) is 16.2. The summed E-state index contributed by atoms with van der Waals surface area (Å²) < 4.78 is 27.0. The van der Waals surface area contributed by atoms with Crippen molar-refractivity contribution in [3.05, 3.63) is 29.8 Å². The van der Waals surface area contributed by atoms with E-state index in [0.717, 1.165) is 5.56 Å². The van der Waals surface area contributed by atoms with E-state index in [1.54, 1.807) is 12.1 Å². The Morgan fingerprint density at radius 2 is 1.69 bits per heavy atom. The minimum absolute atomic E-state index is 0.0516. The fraction of sp³-hybridized carbons (Fsp3) is 0.556. The molecule has 1 fully saturated rings. The number of carboxylic acid groups (broad SMARTS) is 1. The first-order valence-corrected chi connectivity index (χ1v) is 10.1. The predicted molar refractivity (Wildman–Crippen MR) is 97.3 cm³/mol. The number of nitrogens with one attached hydrogen (secondary N) is 1. The van der Waals surface area contributed by atoms with Crippen LogP contribution >= 0.6 is 0 Å². The summed E-state index contributed by atoms with van der Waals surface area (Å²) in [6.45, 7) is 6.27. The van der Waals surface area contributed by atoms with E-state index in [9.17, 15) is 18.0 Å². The van der Waals surface area contributed by atoms with Crippen LogP contribution in [0.2, 0.25) is 0 Å². The summed E-state index contributed by atoms with van der Waals surface area (Å²) in [5.74, 6) is -1.79. The highest BCUT2D eigenvalue weighted by Gasteiger charge is 2.32. The van der Waals surface area contributed by atoms with Gasteiger partial charge >= 0.3 is 5.97 Å². The van der Waals surface area contributed by atoms with Gasteiger partial charge in [0.15, 0.2) is 0 Å². The zero-order chi connectivity index (χ0) is 19.5. The molecule has 1 saturated heterocycles. The second-order valence-electron chi connectivity index (χ2n) is 7.56. The number of hydrogen-bond acceptors (Lipinski definition) is 4. The molecule has 26 heavy (non-hydrogen) atoms. The first-order chi connectivity index (χ1) is 12.0. The van der Waals surface area contributed by atoms with E-state index in [1.165, 1.54) is 4.31 Å². The van der Waals surface area contributed by atoms with E-state index in [2.05, 4.69) is 26.1 Å². The van der Waals surface area contributed by atoms with Crippen molar-refractivity contribution >= 4 is 21.9 Å². The Hall–Kier alpha value is -1.93. The van der Waals surface area contributed by atoms with Crippen LogP contribution in [0.5, 0.6) is 0 Å². The summed E-state index contributed by atoms with van der Waals surface area (Å²) in [6.07, 6.45) is 0.759. The van der Waals surface area contributed by atoms with E-state index in [1.807, 2.05) is 12.1 Å². The standard InChI is InChI=1S/C18H26N2O5S/c1-18(2,3)14-4-6-15(7-5-14)26(24,25)20-10-8-13(9-11-20)17(23)19-12-16(21)22/h4-7,13H,8-12H2,1-3H3,(H,19,23)(H,21,22). The number of hydrogen-bond donors (Lipinski definition) is 2. The van der Waals surface area contributed by atoms with Crippen LogP contribution in [0.25, 0.3) is 0 Å². The van der Waals surface area contributed by atoms with E-state index in [4.69, 9.17) is 5.11 Å². The molecule has 0 atom stereocenters. The van der Waals surface area contributed by atoms with Crippen molar-refractivity contribution in [1.82, 2.24) is 9.62 Å². The second kappa shape index (κ2) is 7.75. The molecule has 0 saturated carbocycles. The maximum Gasteiger partial charge on any atom is 0.322 e. The second-order valence-corrected chi connectivity index (χ2v) is 9.50. The number of nitrogens with zero attached hydrogens (tertiary/aromatic N) is 1. The van der Waals surface area contributed by atoms with Gasteiger partial charge < -0.3 is 10.4 Å². The third-order valence-corrected chi connectivity index (χ3v) is 6.51. The van der Waals surface area contributed by atoms with Crippen LogP contribution in [0.3, 0.4) is 0 Å². The molecule has 7 nitrogen and oxygen atoms in total. The van der Waals surface area contributed by atoms with Crippen LogP contribution in [0, 0.1) is 5.92 Å². The molecule has 8 heteroatoms. The summed E-state index contributed by atoms with van der Waals surface area (Å²) in [5, 5.41) is 11.0. The average molecular weight is 382 g/mol. The molecule has 0 spiro atoms. The summed E-state index contributed by atoms with van der Waals surface area (Å²) >= 11 is 0. The van der Waals surface area contributed by atoms with E-state index in [-0.39, 0.29) is 35.2 Å². The first-order valence-electron chi connectivity index (χ1n) is 8.62. The molecule has 2 N–H and O–H groups in total. The van der Waals surface area contributed by atoms with E-state index in [0.29, 0.717) is 12.8 Å². The maximum absolute atomic E-state index is 12.8. The first kappa shape index (κ1) is 20.4. The molecule has 1 aliphatic heterocycles. The van der Waals surface area contributed by atoms with Crippen molar-refractivity contribution in [3.63, 3.8) is 0 Å². The van der Waals surface area contributed by atoms with Gasteiger partial charge in [0, 0.05) is 19.0 Å². The van der Waals surface area contributed by atoms with Gasteiger partial charge in [0.1, 0.15) is 6.54 Å². The SMILES string of the molecule is CC(C)(C)c1ccc(S(=O)(=O)N2CCC(C(=O)NCC(=O)O)CC2)cc1. The van der Waals surface area contributed by atoms with Crippen LogP contribution < -0.4 is 5.32 Å². The normalized spacial score (nSPS) is 17.0. The zero-order valence-electron chi connectivity index (χ0n) is 15.4. The number of carboxylic acids is 1. The Kier molecular flexibility index (Phi) is 6.08. The molecule has 2 rings (SSSR count). The van der Waals surface area contributed by atoms with Gasteiger partial charge in [-0.05, 0) is 36.0 Å². The van der Waals surface area contributed by atoms with Gasteiger partial charge in [-0.1, -0.05) is 32.9 Å². The van der Waals surface area contributed by atoms with Crippen molar-refractivity contribution in [1.29, 1.82) is 0 Å². The smallest absolute Gasteiger partial charge is 0.322 e. The number of sulfonamides is 1. The lowest BCUT2D eigenvalue weighted by atomic mass is 9.87. The highest BCUT2D eigenvalue weighted by atomic mass is 32.2. The number of piperidine rings is 1. The maximum atomic E-state index is 12.8. The fourth-order valence-electron chi connectivity index (χ4n) is 2.94. The number of carbonyl (C=O) groups is 2. The molecular weight excluding hydrogens is 356 g/mol. The number of benzene rings is 1. The lowest BCUT2D eigenvalue weighted by molar-refractivity contribution is -0.138.